The Morgan fingerprint density at radius 2 is 1.90 bits per heavy atom. The highest BCUT2D eigenvalue weighted by Gasteiger charge is 2.29. The first-order valence-corrected chi connectivity index (χ1v) is 8.53. The molecule has 2 atom stereocenters. The molecule has 3 N–H and O–H groups in total. The van der Waals surface area contributed by atoms with Crippen LogP contribution in [0.2, 0.25) is 5.02 Å². The molecule has 112 valence electrons. The van der Waals surface area contributed by atoms with Crippen LogP contribution >= 0.6 is 11.6 Å². The Labute approximate surface area is 125 Å². The standard InChI is InChI=1S/C13H20ClN3O2S/c1-9-4-3-5-10(2)17(9)16-20(18,19)11-6-7-12(14)13(15)8-11/h6-10,16H,3-5,15H2,1-2H3. The van der Waals surface area contributed by atoms with Crippen LogP contribution in [0.3, 0.4) is 0 Å². The minimum absolute atomic E-state index is 0.129. The van der Waals surface area contributed by atoms with Gasteiger partial charge in [-0.3, -0.25) is 0 Å². The van der Waals surface area contributed by atoms with E-state index in [1.54, 1.807) is 0 Å². The quantitative estimate of drug-likeness (QED) is 0.839. The van der Waals surface area contributed by atoms with Gasteiger partial charge in [0.2, 0.25) is 0 Å². The van der Waals surface area contributed by atoms with Crippen molar-refractivity contribution in [2.24, 2.45) is 0 Å². The first-order valence-electron chi connectivity index (χ1n) is 6.67. The van der Waals surface area contributed by atoms with Crippen molar-refractivity contribution in [3.63, 3.8) is 0 Å². The number of rotatable bonds is 3. The average molecular weight is 318 g/mol. The molecule has 2 unspecified atom stereocenters. The molecule has 1 aromatic rings. The minimum atomic E-state index is -3.63. The number of hydrazine groups is 1. The molecule has 0 amide bonds. The summed E-state index contributed by atoms with van der Waals surface area (Å²) in [6, 6.07) is 4.69. The van der Waals surface area contributed by atoms with Crippen LogP contribution in [0.15, 0.2) is 23.1 Å². The summed E-state index contributed by atoms with van der Waals surface area (Å²) < 4.78 is 24.8. The Kier molecular flexibility index (Phi) is 4.59. The number of benzene rings is 1. The average Bonchev–Trinajstić information content (AvgIpc) is 2.37. The SMILES string of the molecule is CC1CCCC(C)N1NS(=O)(=O)c1ccc(Cl)c(N)c1. The summed E-state index contributed by atoms with van der Waals surface area (Å²) in [5.41, 5.74) is 5.93. The van der Waals surface area contributed by atoms with Gasteiger partial charge in [0, 0.05) is 12.1 Å². The summed E-state index contributed by atoms with van der Waals surface area (Å²) >= 11 is 5.82. The maximum absolute atomic E-state index is 12.4. The molecule has 20 heavy (non-hydrogen) atoms. The topological polar surface area (TPSA) is 75.4 Å². The Bertz CT molecular complexity index is 581. The predicted molar refractivity (Wildman–Crippen MR) is 80.8 cm³/mol. The van der Waals surface area contributed by atoms with Gasteiger partial charge in [-0.1, -0.05) is 18.0 Å². The van der Waals surface area contributed by atoms with Crippen LogP contribution in [-0.4, -0.2) is 25.5 Å². The van der Waals surface area contributed by atoms with Crippen molar-refractivity contribution >= 4 is 27.3 Å². The van der Waals surface area contributed by atoms with Gasteiger partial charge >= 0.3 is 0 Å². The maximum Gasteiger partial charge on any atom is 0.253 e. The molecule has 0 spiro atoms. The third-order valence-corrected chi connectivity index (χ3v) is 5.37. The van der Waals surface area contributed by atoms with Crippen LogP contribution in [0.4, 0.5) is 5.69 Å². The van der Waals surface area contributed by atoms with Gasteiger partial charge in [-0.2, -0.15) is 0 Å². The van der Waals surface area contributed by atoms with Gasteiger partial charge in [-0.25, -0.2) is 13.4 Å². The third kappa shape index (κ3) is 3.25. The van der Waals surface area contributed by atoms with Crippen LogP contribution in [0, 0.1) is 0 Å². The van der Waals surface area contributed by atoms with Crippen LogP contribution in [0.5, 0.6) is 0 Å². The van der Waals surface area contributed by atoms with Gasteiger partial charge in [0.15, 0.2) is 0 Å². The van der Waals surface area contributed by atoms with Crippen molar-refractivity contribution in [2.45, 2.75) is 50.1 Å². The monoisotopic (exact) mass is 317 g/mol. The molecule has 0 radical (unpaired) electrons. The Hall–Kier alpha value is -0.820. The summed E-state index contributed by atoms with van der Waals surface area (Å²) in [6.45, 7) is 4.04. The van der Waals surface area contributed by atoms with Crippen molar-refractivity contribution in [3.8, 4) is 0 Å². The smallest absolute Gasteiger partial charge is 0.253 e. The van der Waals surface area contributed by atoms with Crippen molar-refractivity contribution in [1.82, 2.24) is 9.84 Å². The van der Waals surface area contributed by atoms with Crippen molar-refractivity contribution in [2.75, 3.05) is 5.73 Å². The molecule has 1 heterocycles. The fourth-order valence-electron chi connectivity index (χ4n) is 2.48. The first-order chi connectivity index (χ1) is 9.31. The number of sulfonamides is 1. The van der Waals surface area contributed by atoms with E-state index in [0.717, 1.165) is 19.3 Å². The van der Waals surface area contributed by atoms with Crippen molar-refractivity contribution < 1.29 is 8.42 Å². The molecular formula is C13H20ClN3O2S. The lowest BCUT2D eigenvalue weighted by Gasteiger charge is -2.38. The van der Waals surface area contributed by atoms with Gasteiger partial charge in [-0.05, 0) is 44.9 Å². The van der Waals surface area contributed by atoms with Crippen LogP contribution in [0.1, 0.15) is 33.1 Å². The van der Waals surface area contributed by atoms with Crippen LogP contribution < -0.4 is 10.6 Å². The van der Waals surface area contributed by atoms with Crippen LogP contribution in [-0.2, 0) is 10.0 Å². The molecule has 2 rings (SSSR count). The van der Waals surface area contributed by atoms with Crippen molar-refractivity contribution in [3.05, 3.63) is 23.2 Å². The highest BCUT2D eigenvalue weighted by Crippen LogP contribution is 2.25. The van der Waals surface area contributed by atoms with Gasteiger partial charge in [0.05, 0.1) is 15.6 Å². The molecule has 0 saturated carbocycles. The highest BCUT2D eigenvalue weighted by molar-refractivity contribution is 7.89. The second-order valence-electron chi connectivity index (χ2n) is 5.31. The molecule has 1 saturated heterocycles. The zero-order chi connectivity index (χ0) is 14.9. The number of halogens is 1. The van der Waals surface area contributed by atoms with E-state index in [2.05, 4.69) is 4.83 Å². The Morgan fingerprint density at radius 3 is 2.45 bits per heavy atom. The van der Waals surface area contributed by atoms with E-state index in [1.807, 2.05) is 18.9 Å². The zero-order valence-corrected chi connectivity index (χ0v) is 13.2. The molecule has 1 fully saturated rings. The van der Waals surface area contributed by atoms with Gasteiger partial charge < -0.3 is 5.73 Å². The van der Waals surface area contributed by atoms with Gasteiger partial charge in [-0.15, -0.1) is 4.83 Å². The van der Waals surface area contributed by atoms with E-state index in [9.17, 15) is 8.42 Å². The number of nitrogens with one attached hydrogen (secondary N) is 1. The summed E-state index contributed by atoms with van der Waals surface area (Å²) in [6.07, 6.45) is 3.08. The zero-order valence-electron chi connectivity index (χ0n) is 11.6. The highest BCUT2D eigenvalue weighted by atomic mass is 35.5. The maximum atomic E-state index is 12.4. The van der Waals surface area contributed by atoms with E-state index in [0.29, 0.717) is 5.02 Å². The minimum Gasteiger partial charge on any atom is -0.397 e. The van der Waals surface area contributed by atoms with Gasteiger partial charge in [0.25, 0.3) is 10.0 Å². The van der Waals surface area contributed by atoms with E-state index in [1.165, 1.54) is 18.2 Å². The fraction of sp³-hybridized carbons (Fsp3) is 0.538. The van der Waals surface area contributed by atoms with E-state index >= 15 is 0 Å². The number of anilines is 1. The number of nitrogens with zero attached hydrogens (tertiary/aromatic N) is 1. The molecule has 5 nitrogen and oxygen atoms in total. The molecular weight excluding hydrogens is 298 g/mol. The lowest BCUT2D eigenvalue weighted by molar-refractivity contribution is 0.0790. The third-order valence-electron chi connectivity index (χ3n) is 3.70. The lowest BCUT2D eigenvalue weighted by atomic mass is 10.0. The number of hydrogen-bond donors (Lipinski definition) is 2. The number of piperidine rings is 1. The molecule has 7 heteroatoms. The van der Waals surface area contributed by atoms with Crippen molar-refractivity contribution in [1.29, 1.82) is 0 Å². The fourth-order valence-corrected chi connectivity index (χ4v) is 3.87. The normalized spacial score (nSPS) is 24.8. The summed E-state index contributed by atoms with van der Waals surface area (Å²) in [4.78, 5) is 2.79. The lowest BCUT2D eigenvalue weighted by Crippen LogP contribution is -2.53. The Balaban J connectivity index is 2.24. The van der Waals surface area contributed by atoms with E-state index in [-0.39, 0.29) is 22.7 Å². The Morgan fingerprint density at radius 1 is 1.30 bits per heavy atom. The first kappa shape index (κ1) is 15.6. The molecule has 1 aliphatic rings. The predicted octanol–water partition coefficient (Wildman–Crippen LogP) is 2.38. The molecule has 0 bridgehead atoms. The second-order valence-corrected chi connectivity index (χ2v) is 7.38. The van der Waals surface area contributed by atoms with E-state index < -0.39 is 10.0 Å². The van der Waals surface area contributed by atoms with E-state index in [4.69, 9.17) is 17.3 Å². The van der Waals surface area contributed by atoms with Gasteiger partial charge in [0.1, 0.15) is 0 Å². The molecule has 1 aromatic carbocycles. The largest absolute Gasteiger partial charge is 0.397 e. The molecule has 0 aliphatic carbocycles. The molecule has 0 aromatic heterocycles. The summed E-state index contributed by atoms with van der Waals surface area (Å²) in [7, 11) is -3.63. The number of hydrogen-bond acceptors (Lipinski definition) is 4. The van der Waals surface area contributed by atoms with Crippen LogP contribution in [0.25, 0.3) is 0 Å². The number of nitrogen functional groups attached to an aromatic ring is 1. The molecule has 1 aliphatic heterocycles. The second kappa shape index (κ2) is 5.89. The summed E-state index contributed by atoms with van der Waals surface area (Å²) in [5.74, 6) is 0. The number of nitrogens with two attached hydrogens (primary N) is 1. The summed E-state index contributed by atoms with van der Waals surface area (Å²) in [5, 5.41) is 2.16.